The predicted molar refractivity (Wildman–Crippen MR) is 112 cm³/mol. The van der Waals surface area contributed by atoms with Crippen molar-refractivity contribution in [1.29, 1.82) is 0 Å². The number of hydrogen-bond acceptors (Lipinski definition) is 5. The summed E-state index contributed by atoms with van der Waals surface area (Å²) in [6.07, 6.45) is 1.54. The second-order valence-corrected chi connectivity index (χ2v) is 6.90. The van der Waals surface area contributed by atoms with E-state index in [9.17, 15) is 9.18 Å². The zero-order valence-electron chi connectivity index (χ0n) is 17.0. The number of rotatable bonds is 8. The van der Waals surface area contributed by atoms with Crippen LogP contribution in [-0.2, 0) is 13.1 Å². The first kappa shape index (κ1) is 20.4. The van der Waals surface area contributed by atoms with Gasteiger partial charge in [0.15, 0.2) is 11.5 Å². The highest BCUT2D eigenvalue weighted by Crippen LogP contribution is 2.24. The van der Waals surface area contributed by atoms with Gasteiger partial charge in [0.1, 0.15) is 17.3 Å². The maximum atomic E-state index is 13.6. The SMILES string of the molecule is CCOc1ccc(-c2cc(C(=O)N(Cc3cccc(F)c3)Cc3ccco3)no2)cc1. The molecule has 0 saturated carbocycles. The van der Waals surface area contributed by atoms with Crippen molar-refractivity contribution in [1.82, 2.24) is 10.1 Å². The summed E-state index contributed by atoms with van der Waals surface area (Å²) >= 11 is 0. The number of furan rings is 1. The number of halogens is 1. The van der Waals surface area contributed by atoms with Crippen LogP contribution in [0.1, 0.15) is 28.7 Å². The van der Waals surface area contributed by atoms with Crippen LogP contribution >= 0.6 is 0 Å². The Kier molecular flexibility index (Phi) is 6.12. The van der Waals surface area contributed by atoms with Crippen LogP contribution in [0.3, 0.4) is 0 Å². The predicted octanol–water partition coefficient (Wildman–Crippen LogP) is 5.32. The summed E-state index contributed by atoms with van der Waals surface area (Å²) in [5, 5.41) is 3.96. The minimum absolute atomic E-state index is 0.159. The van der Waals surface area contributed by atoms with E-state index < -0.39 is 0 Å². The molecule has 0 bridgehead atoms. The smallest absolute Gasteiger partial charge is 0.276 e. The van der Waals surface area contributed by atoms with Crippen LogP contribution in [0.25, 0.3) is 11.3 Å². The summed E-state index contributed by atoms with van der Waals surface area (Å²) in [5.41, 5.74) is 1.60. The molecule has 0 atom stereocenters. The zero-order chi connectivity index (χ0) is 21.6. The molecule has 0 saturated heterocycles. The molecular weight excluding hydrogens is 399 g/mol. The maximum Gasteiger partial charge on any atom is 0.276 e. The van der Waals surface area contributed by atoms with Crippen LogP contribution in [-0.4, -0.2) is 22.6 Å². The Hall–Kier alpha value is -3.87. The van der Waals surface area contributed by atoms with Crippen molar-refractivity contribution in [2.75, 3.05) is 6.61 Å². The van der Waals surface area contributed by atoms with Crippen molar-refractivity contribution in [3.8, 4) is 17.1 Å². The summed E-state index contributed by atoms with van der Waals surface area (Å²) in [4.78, 5) is 14.7. The molecular formula is C24H21FN2O4. The Morgan fingerprint density at radius 2 is 1.90 bits per heavy atom. The Morgan fingerprint density at radius 1 is 1.06 bits per heavy atom. The highest BCUT2D eigenvalue weighted by atomic mass is 19.1. The third kappa shape index (κ3) is 5.01. The summed E-state index contributed by atoms with van der Waals surface area (Å²) in [6.45, 7) is 2.91. The third-order valence-electron chi connectivity index (χ3n) is 4.66. The molecule has 2 aromatic carbocycles. The average Bonchev–Trinajstić information content (AvgIpc) is 3.46. The minimum atomic E-state index is -0.359. The first-order chi connectivity index (χ1) is 15.1. The quantitative estimate of drug-likeness (QED) is 0.386. The van der Waals surface area contributed by atoms with Crippen molar-refractivity contribution in [3.63, 3.8) is 0 Å². The molecule has 0 aliphatic carbocycles. The zero-order valence-corrected chi connectivity index (χ0v) is 17.0. The molecule has 2 aromatic heterocycles. The van der Waals surface area contributed by atoms with Gasteiger partial charge in [0.25, 0.3) is 5.91 Å². The average molecular weight is 420 g/mol. The molecule has 4 rings (SSSR count). The summed E-state index contributed by atoms with van der Waals surface area (Å²) in [6, 6.07) is 18.6. The third-order valence-corrected chi connectivity index (χ3v) is 4.66. The van der Waals surface area contributed by atoms with Crippen molar-refractivity contribution in [3.05, 3.63) is 95.8 Å². The van der Waals surface area contributed by atoms with Gasteiger partial charge in [-0.05, 0) is 61.0 Å². The lowest BCUT2D eigenvalue weighted by Gasteiger charge is -2.20. The van der Waals surface area contributed by atoms with E-state index in [1.54, 1.807) is 36.6 Å². The number of hydrogen-bond donors (Lipinski definition) is 0. The van der Waals surface area contributed by atoms with Crippen LogP contribution < -0.4 is 4.74 Å². The molecule has 2 heterocycles. The Balaban J connectivity index is 1.56. The van der Waals surface area contributed by atoms with Gasteiger partial charge in [-0.25, -0.2) is 4.39 Å². The number of benzene rings is 2. The summed E-state index contributed by atoms with van der Waals surface area (Å²) in [7, 11) is 0. The van der Waals surface area contributed by atoms with Gasteiger partial charge >= 0.3 is 0 Å². The van der Waals surface area contributed by atoms with E-state index in [1.165, 1.54) is 17.0 Å². The maximum absolute atomic E-state index is 13.6. The van der Waals surface area contributed by atoms with Gasteiger partial charge in [-0.15, -0.1) is 0 Å². The Labute approximate surface area is 178 Å². The lowest BCUT2D eigenvalue weighted by Crippen LogP contribution is -2.30. The second kappa shape index (κ2) is 9.30. The largest absolute Gasteiger partial charge is 0.494 e. The van der Waals surface area contributed by atoms with Gasteiger partial charge in [-0.3, -0.25) is 4.79 Å². The van der Waals surface area contributed by atoms with Gasteiger partial charge in [0.05, 0.1) is 19.4 Å². The molecule has 6 nitrogen and oxygen atoms in total. The molecule has 7 heteroatoms. The number of amides is 1. The van der Waals surface area contributed by atoms with Crippen molar-refractivity contribution in [2.24, 2.45) is 0 Å². The first-order valence-electron chi connectivity index (χ1n) is 9.88. The Bertz CT molecular complexity index is 1140. The van der Waals surface area contributed by atoms with Gasteiger partial charge in [-0.2, -0.15) is 0 Å². The molecule has 1 amide bonds. The van der Waals surface area contributed by atoms with E-state index in [1.807, 2.05) is 31.2 Å². The lowest BCUT2D eigenvalue weighted by atomic mass is 10.1. The monoisotopic (exact) mass is 420 g/mol. The standard InChI is InChI=1S/C24H21FN2O4/c1-2-29-20-10-8-18(9-11-20)23-14-22(26-31-23)24(28)27(16-21-7-4-12-30-21)15-17-5-3-6-19(25)13-17/h3-14H,2,15-16H2,1H3. The van der Waals surface area contributed by atoms with Crippen LogP contribution in [0, 0.1) is 5.82 Å². The summed E-state index contributed by atoms with van der Waals surface area (Å²) in [5.74, 6) is 1.13. The lowest BCUT2D eigenvalue weighted by molar-refractivity contribution is 0.0707. The molecule has 0 unspecified atom stereocenters. The fourth-order valence-corrected chi connectivity index (χ4v) is 3.20. The highest BCUT2D eigenvalue weighted by Gasteiger charge is 2.22. The molecule has 0 fully saturated rings. The van der Waals surface area contributed by atoms with Gasteiger partial charge < -0.3 is 18.6 Å². The second-order valence-electron chi connectivity index (χ2n) is 6.90. The van der Waals surface area contributed by atoms with Crippen LogP contribution in [0.2, 0.25) is 0 Å². The topological polar surface area (TPSA) is 68.7 Å². The van der Waals surface area contributed by atoms with Crippen LogP contribution in [0.4, 0.5) is 4.39 Å². The van der Waals surface area contributed by atoms with Crippen molar-refractivity contribution in [2.45, 2.75) is 20.0 Å². The minimum Gasteiger partial charge on any atom is -0.494 e. The van der Waals surface area contributed by atoms with E-state index in [-0.39, 0.29) is 30.5 Å². The fourth-order valence-electron chi connectivity index (χ4n) is 3.20. The van der Waals surface area contributed by atoms with E-state index >= 15 is 0 Å². The molecule has 0 aliphatic heterocycles. The van der Waals surface area contributed by atoms with Gasteiger partial charge in [-0.1, -0.05) is 17.3 Å². The number of carbonyl (C=O) groups is 1. The van der Waals surface area contributed by atoms with E-state index in [0.29, 0.717) is 23.7 Å². The molecule has 0 aliphatic rings. The molecule has 31 heavy (non-hydrogen) atoms. The molecule has 4 aromatic rings. The number of ether oxygens (including phenoxy) is 1. The van der Waals surface area contributed by atoms with E-state index in [0.717, 1.165) is 11.3 Å². The molecule has 0 N–H and O–H groups in total. The fraction of sp³-hybridized carbons (Fsp3) is 0.167. The summed E-state index contributed by atoms with van der Waals surface area (Å²) < 4.78 is 29.9. The van der Waals surface area contributed by atoms with E-state index in [2.05, 4.69) is 5.16 Å². The molecule has 0 spiro atoms. The highest BCUT2D eigenvalue weighted by molar-refractivity contribution is 5.93. The van der Waals surface area contributed by atoms with E-state index in [4.69, 9.17) is 13.7 Å². The normalized spacial score (nSPS) is 10.8. The number of carbonyl (C=O) groups excluding carboxylic acids is 1. The van der Waals surface area contributed by atoms with Gasteiger partial charge in [0.2, 0.25) is 0 Å². The molecule has 158 valence electrons. The van der Waals surface area contributed by atoms with Crippen molar-refractivity contribution < 1.29 is 22.9 Å². The van der Waals surface area contributed by atoms with Crippen molar-refractivity contribution >= 4 is 5.91 Å². The number of aromatic nitrogens is 1. The first-order valence-corrected chi connectivity index (χ1v) is 9.88. The van der Waals surface area contributed by atoms with Gasteiger partial charge in [0, 0.05) is 18.2 Å². The Morgan fingerprint density at radius 3 is 2.61 bits per heavy atom. The molecule has 0 radical (unpaired) electrons. The number of nitrogens with zero attached hydrogens (tertiary/aromatic N) is 2. The van der Waals surface area contributed by atoms with Crippen LogP contribution in [0.15, 0.2) is 81.9 Å². The van der Waals surface area contributed by atoms with Crippen LogP contribution in [0.5, 0.6) is 5.75 Å².